The number of hydrogen-bond donors (Lipinski definition) is 0. The number of thiazole rings is 1. The highest BCUT2D eigenvalue weighted by atomic mass is 32.2. The summed E-state index contributed by atoms with van der Waals surface area (Å²) in [6, 6.07) is 23.6. The molecular weight excluding hydrogens is 470 g/mol. The number of nitrogens with zero attached hydrogens (tertiary/aromatic N) is 1. The van der Waals surface area contributed by atoms with Gasteiger partial charge in [0.25, 0.3) is 5.01 Å². The van der Waals surface area contributed by atoms with Crippen LogP contribution >= 0.6 is 11.3 Å². The van der Waals surface area contributed by atoms with Crippen molar-refractivity contribution in [3.05, 3.63) is 88.9 Å². The van der Waals surface area contributed by atoms with Gasteiger partial charge in [-0.25, -0.2) is 8.42 Å². The van der Waals surface area contributed by atoms with E-state index in [0.29, 0.717) is 24.7 Å². The minimum absolute atomic E-state index is 0.262. The number of hydrogen-bond acceptors (Lipinski definition) is 6. The Morgan fingerprint density at radius 2 is 1.74 bits per heavy atom. The van der Waals surface area contributed by atoms with Gasteiger partial charge in [-0.05, 0) is 35.4 Å². The van der Waals surface area contributed by atoms with Crippen molar-refractivity contribution in [2.24, 2.45) is 0 Å². The molecule has 0 fully saturated rings. The van der Waals surface area contributed by atoms with Gasteiger partial charge in [0.15, 0.2) is 18.0 Å². The summed E-state index contributed by atoms with van der Waals surface area (Å²) in [5, 5.41) is 0.965. The molecule has 0 saturated heterocycles. The van der Waals surface area contributed by atoms with Crippen LogP contribution < -0.4 is 14.0 Å². The van der Waals surface area contributed by atoms with E-state index in [-0.39, 0.29) is 12.2 Å². The lowest BCUT2D eigenvalue weighted by molar-refractivity contribution is -0.668. The van der Waals surface area contributed by atoms with Gasteiger partial charge in [-0.2, -0.15) is 4.57 Å². The first-order valence-corrected chi connectivity index (χ1v) is 13.2. The van der Waals surface area contributed by atoms with E-state index in [1.807, 2.05) is 84.9 Å². The third-order valence-electron chi connectivity index (χ3n) is 5.26. The van der Waals surface area contributed by atoms with Gasteiger partial charge in [0.05, 0.1) is 17.2 Å². The molecule has 0 aliphatic rings. The van der Waals surface area contributed by atoms with Gasteiger partial charge in [-0.3, -0.25) is 0 Å². The van der Waals surface area contributed by atoms with Crippen LogP contribution in [0.5, 0.6) is 11.5 Å². The maximum absolute atomic E-state index is 11.0. The molecule has 0 aliphatic heterocycles. The molecule has 34 heavy (non-hydrogen) atoms. The predicted molar refractivity (Wildman–Crippen MR) is 134 cm³/mol. The summed E-state index contributed by atoms with van der Waals surface area (Å²) in [5.74, 6) is 0.927. The fraction of sp³-hybridized carbons (Fsp3) is 0.192. The van der Waals surface area contributed by atoms with Crippen molar-refractivity contribution in [2.45, 2.75) is 19.6 Å². The Hall–Kier alpha value is -3.20. The van der Waals surface area contributed by atoms with Crippen molar-refractivity contribution in [3.63, 3.8) is 0 Å². The molecule has 0 atom stereocenters. The molecule has 0 bridgehead atoms. The molecule has 6 nitrogen and oxygen atoms in total. The van der Waals surface area contributed by atoms with E-state index in [2.05, 4.69) is 4.57 Å². The van der Waals surface area contributed by atoms with Gasteiger partial charge in [-0.1, -0.05) is 59.9 Å². The lowest BCUT2D eigenvalue weighted by atomic mass is 10.2. The van der Waals surface area contributed by atoms with Gasteiger partial charge in [0, 0.05) is 24.3 Å². The summed E-state index contributed by atoms with van der Waals surface area (Å²) in [4.78, 5) is 0. The summed E-state index contributed by atoms with van der Waals surface area (Å²) in [6.45, 7) is 0.877. The molecule has 4 rings (SSSR count). The van der Waals surface area contributed by atoms with Crippen LogP contribution in [-0.2, 0) is 23.3 Å². The van der Waals surface area contributed by atoms with Gasteiger partial charge in [0.1, 0.15) is 11.3 Å². The molecule has 0 unspecified atom stereocenters. The van der Waals surface area contributed by atoms with E-state index in [1.165, 1.54) is 0 Å². The summed E-state index contributed by atoms with van der Waals surface area (Å²) >= 11 is 1.61. The molecule has 0 spiro atoms. The molecule has 0 aliphatic carbocycles. The van der Waals surface area contributed by atoms with Crippen LogP contribution in [0.15, 0.2) is 72.8 Å². The van der Waals surface area contributed by atoms with Crippen LogP contribution in [0.25, 0.3) is 22.4 Å². The van der Waals surface area contributed by atoms with E-state index in [1.54, 1.807) is 18.4 Å². The summed E-state index contributed by atoms with van der Waals surface area (Å²) < 4.78 is 47.8. The average Bonchev–Trinajstić information content (AvgIpc) is 3.19. The molecule has 0 saturated carbocycles. The van der Waals surface area contributed by atoms with Gasteiger partial charge in [0.2, 0.25) is 5.52 Å². The second-order valence-corrected chi connectivity index (χ2v) is 10.3. The number of ether oxygens (including phenoxy) is 2. The minimum Gasteiger partial charge on any atom is -0.748 e. The van der Waals surface area contributed by atoms with E-state index < -0.39 is 10.1 Å². The zero-order valence-corrected chi connectivity index (χ0v) is 20.3. The molecule has 1 heterocycles. The molecule has 176 valence electrons. The lowest BCUT2D eigenvalue weighted by Gasteiger charge is -2.11. The maximum Gasteiger partial charge on any atom is 0.262 e. The first kappa shape index (κ1) is 23.9. The maximum atomic E-state index is 11.0. The Morgan fingerprint density at radius 3 is 2.50 bits per heavy atom. The van der Waals surface area contributed by atoms with Crippen LogP contribution in [0.3, 0.4) is 0 Å². The number of benzene rings is 3. The van der Waals surface area contributed by atoms with E-state index >= 15 is 0 Å². The Labute approximate surface area is 203 Å². The third-order valence-corrected chi connectivity index (χ3v) is 7.18. The number of aromatic nitrogens is 1. The predicted octanol–water partition coefficient (Wildman–Crippen LogP) is 4.88. The zero-order valence-electron chi connectivity index (χ0n) is 18.7. The first-order valence-electron chi connectivity index (χ1n) is 10.8. The van der Waals surface area contributed by atoms with E-state index in [0.717, 1.165) is 26.4 Å². The van der Waals surface area contributed by atoms with Crippen LogP contribution in [0, 0.1) is 0 Å². The Bertz CT molecular complexity index is 1400. The van der Waals surface area contributed by atoms with Gasteiger partial charge >= 0.3 is 0 Å². The van der Waals surface area contributed by atoms with Gasteiger partial charge < -0.3 is 14.0 Å². The number of rotatable bonds is 10. The van der Waals surface area contributed by atoms with Crippen LogP contribution in [0.2, 0.25) is 0 Å². The van der Waals surface area contributed by atoms with Crippen molar-refractivity contribution in [3.8, 4) is 11.5 Å². The van der Waals surface area contributed by atoms with Crippen molar-refractivity contribution < 1.29 is 27.0 Å². The Morgan fingerprint density at radius 1 is 0.971 bits per heavy atom. The highest BCUT2D eigenvalue weighted by molar-refractivity contribution is 7.85. The molecule has 4 aromatic rings. The average molecular weight is 496 g/mol. The third kappa shape index (κ3) is 6.22. The summed E-state index contributed by atoms with van der Waals surface area (Å²) in [7, 11) is -2.63. The van der Waals surface area contributed by atoms with Crippen molar-refractivity contribution >= 4 is 43.8 Å². The van der Waals surface area contributed by atoms with Crippen molar-refractivity contribution in [2.75, 3.05) is 12.9 Å². The largest absolute Gasteiger partial charge is 0.748 e. The Balaban J connectivity index is 1.57. The smallest absolute Gasteiger partial charge is 0.262 e. The van der Waals surface area contributed by atoms with Gasteiger partial charge in [-0.15, -0.1) is 0 Å². The topological polar surface area (TPSA) is 79.5 Å². The zero-order chi connectivity index (χ0) is 24.0. The summed E-state index contributed by atoms with van der Waals surface area (Å²) in [6.07, 6.45) is 4.25. The number of para-hydroxylation sites is 1. The number of fused-ring (bicyclic) bond motifs is 1. The molecule has 0 N–H and O–H groups in total. The second-order valence-electron chi connectivity index (χ2n) is 7.69. The Kier molecular flexibility index (Phi) is 7.62. The van der Waals surface area contributed by atoms with Crippen molar-refractivity contribution in [1.29, 1.82) is 0 Å². The molecule has 1 aromatic heterocycles. The molecule has 0 amide bonds. The number of aryl methyl sites for hydroxylation is 1. The summed E-state index contributed by atoms with van der Waals surface area (Å²) in [5.41, 5.74) is 3.02. The molecule has 3 aromatic carbocycles. The van der Waals surface area contributed by atoms with E-state index in [9.17, 15) is 13.0 Å². The van der Waals surface area contributed by atoms with Crippen molar-refractivity contribution in [1.82, 2.24) is 0 Å². The van der Waals surface area contributed by atoms with E-state index in [4.69, 9.17) is 9.47 Å². The molecule has 8 heteroatoms. The second kappa shape index (κ2) is 10.8. The monoisotopic (exact) mass is 495 g/mol. The number of methoxy groups -OCH3 is 1. The fourth-order valence-electron chi connectivity index (χ4n) is 3.62. The quantitative estimate of drug-likeness (QED) is 0.231. The molecular formula is C26H25NO5S2. The van der Waals surface area contributed by atoms with Crippen LogP contribution in [-0.4, -0.2) is 25.8 Å². The minimum atomic E-state index is -4.24. The normalized spacial score (nSPS) is 11.8. The van der Waals surface area contributed by atoms with Crippen LogP contribution in [0.1, 0.15) is 22.6 Å². The highest BCUT2D eigenvalue weighted by Gasteiger charge is 2.18. The standard InChI is InChI=1S/C26H25NO5S2/c1-31-23-14-12-20(18-24(23)32-19-21-8-3-2-4-9-21)13-15-26-27(16-7-17-34(28,29)30)22-10-5-6-11-25(22)33-26/h2-6,8-15,18H,7,16-17,19H2,1H3. The lowest BCUT2D eigenvalue weighted by Crippen LogP contribution is -2.35. The fourth-order valence-corrected chi connectivity index (χ4v) is 5.19. The van der Waals surface area contributed by atoms with Crippen LogP contribution in [0.4, 0.5) is 0 Å². The first-order chi connectivity index (χ1) is 16.4. The SMILES string of the molecule is COc1ccc(C=Cc2sc3ccccc3[n+]2CCCS(=O)(=O)[O-])cc1OCc1ccccc1. The highest BCUT2D eigenvalue weighted by Crippen LogP contribution is 2.30. The molecule has 0 radical (unpaired) electrons.